The number of carbonyl (C=O) groups is 1. The van der Waals surface area contributed by atoms with E-state index in [1.807, 2.05) is 40.6 Å². The minimum atomic E-state index is 0.154. The van der Waals surface area contributed by atoms with Crippen molar-refractivity contribution in [1.29, 1.82) is 0 Å². The van der Waals surface area contributed by atoms with Gasteiger partial charge in [-0.1, -0.05) is 31.2 Å². The van der Waals surface area contributed by atoms with Crippen LogP contribution in [-0.4, -0.2) is 35.7 Å². The second-order valence-corrected chi connectivity index (χ2v) is 7.70. The molecule has 1 unspecified atom stereocenters. The highest BCUT2D eigenvalue weighted by atomic mass is 32.1. The van der Waals surface area contributed by atoms with Gasteiger partial charge in [-0.05, 0) is 35.9 Å². The van der Waals surface area contributed by atoms with Crippen LogP contribution in [0.2, 0.25) is 0 Å². The van der Waals surface area contributed by atoms with Crippen LogP contribution in [0.5, 0.6) is 0 Å². The van der Waals surface area contributed by atoms with Crippen molar-refractivity contribution in [3.63, 3.8) is 0 Å². The number of aromatic nitrogens is 2. The number of amides is 1. The van der Waals surface area contributed by atoms with Crippen molar-refractivity contribution in [3.05, 3.63) is 53.2 Å². The van der Waals surface area contributed by atoms with E-state index in [0.717, 1.165) is 41.4 Å². The molecule has 140 valence electrons. The van der Waals surface area contributed by atoms with Gasteiger partial charge in [0.15, 0.2) is 13.1 Å². The highest BCUT2D eigenvalue weighted by molar-refractivity contribution is 7.13. The van der Waals surface area contributed by atoms with Gasteiger partial charge in [0, 0.05) is 12.2 Å². The summed E-state index contributed by atoms with van der Waals surface area (Å²) < 4.78 is 5.81. The number of quaternary nitrogens is 1. The predicted octanol–water partition coefficient (Wildman–Crippen LogP) is 2.18. The zero-order valence-corrected chi connectivity index (χ0v) is 16.2. The molecular formula is C20H23N4O2S+. The molecule has 4 rings (SSSR count). The third-order valence-corrected chi connectivity index (χ3v) is 5.65. The van der Waals surface area contributed by atoms with Crippen molar-refractivity contribution in [2.45, 2.75) is 26.3 Å². The van der Waals surface area contributed by atoms with E-state index >= 15 is 0 Å². The highest BCUT2D eigenvalue weighted by Gasteiger charge is 2.27. The average molecular weight is 383 g/mol. The van der Waals surface area contributed by atoms with Gasteiger partial charge in [-0.15, -0.1) is 21.5 Å². The van der Waals surface area contributed by atoms with Crippen LogP contribution in [0, 0.1) is 0 Å². The third-order valence-electron chi connectivity index (χ3n) is 4.79. The maximum Gasteiger partial charge on any atom is 0.282 e. The average Bonchev–Trinajstić information content (AvgIpc) is 3.41. The molecule has 1 atom stereocenters. The van der Waals surface area contributed by atoms with Crippen molar-refractivity contribution >= 4 is 22.9 Å². The number of rotatable bonds is 7. The Morgan fingerprint density at radius 1 is 1.26 bits per heavy atom. The van der Waals surface area contributed by atoms with E-state index in [4.69, 9.17) is 4.42 Å². The Kier molecular flexibility index (Phi) is 5.31. The van der Waals surface area contributed by atoms with E-state index < -0.39 is 0 Å². The van der Waals surface area contributed by atoms with Crippen LogP contribution in [0.15, 0.2) is 46.2 Å². The lowest BCUT2D eigenvalue weighted by Gasteiger charge is -2.21. The molecule has 6 nitrogen and oxygen atoms in total. The molecule has 1 aromatic carbocycles. The maximum atomic E-state index is 12.9. The molecule has 3 aromatic rings. The quantitative estimate of drug-likeness (QED) is 0.679. The third kappa shape index (κ3) is 3.94. The molecule has 0 radical (unpaired) electrons. The largest absolute Gasteiger partial charge is 0.414 e. The van der Waals surface area contributed by atoms with E-state index in [2.05, 4.69) is 23.2 Å². The number of nitrogens with one attached hydrogen (secondary N) is 1. The minimum absolute atomic E-state index is 0.154. The SMILES string of the molecule is CCC[NH+](CC(=O)N1CCc2ccccc21)Cc1nnc(-c2cccs2)o1. The topological polar surface area (TPSA) is 63.7 Å². The number of hydrogen-bond acceptors (Lipinski definition) is 5. The van der Waals surface area contributed by atoms with E-state index in [1.54, 1.807) is 11.3 Å². The van der Waals surface area contributed by atoms with E-state index in [9.17, 15) is 4.79 Å². The monoisotopic (exact) mass is 383 g/mol. The molecule has 0 aliphatic carbocycles. The van der Waals surface area contributed by atoms with Gasteiger partial charge in [-0.25, -0.2) is 0 Å². The Bertz CT molecular complexity index is 906. The Morgan fingerprint density at radius 3 is 2.96 bits per heavy atom. The summed E-state index contributed by atoms with van der Waals surface area (Å²) in [5.74, 6) is 1.29. The number of anilines is 1. The summed E-state index contributed by atoms with van der Waals surface area (Å²) in [6, 6.07) is 12.1. The van der Waals surface area contributed by atoms with Crippen molar-refractivity contribution in [1.82, 2.24) is 10.2 Å². The molecule has 1 amide bonds. The lowest BCUT2D eigenvalue weighted by atomic mass is 10.2. The first-order valence-corrected chi connectivity index (χ1v) is 10.2. The van der Waals surface area contributed by atoms with Crippen molar-refractivity contribution in [3.8, 4) is 10.8 Å². The number of hydrogen-bond donors (Lipinski definition) is 1. The van der Waals surface area contributed by atoms with Crippen LogP contribution in [0.25, 0.3) is 10.8 Å². The van der Waals surface area contributed by atoms with Crippen molar-refractivity contribution in [2.75, 3.05) is 24.5 Å². The summed E-state index contributed by atoms with van der Waals surface area (Å²) in [5, 5.41) is 10.3. The molecule has 7 heteroatoms. The number of benzene rings is 1. The molecule has 0 saturated carbocycles. The molecule has 0 saturated heterocycles. The number of nitrogens with zero attached hydrogens (tertiary/aromatic N) is 3. The molecule has 3 heterocycles. The van der Waals surface area contributed by atoms with Gasteiger partial charge in [0.05, 0.1) is 11.4 Å². The Balaban J connectivity index is 1.43. The fourth-order valence-electron chi connectivity index (χ4n) is 3.54. The summed E-state index contributed by atoms with van der Waals surface area (Å²) in [6.07, 6.45) is 1.92. The van der Waals surface area contributed by atoms with Crippen molar-refractivity contribution < 1.29 is 14.1 Å². The van der Waals surface area contributed by atoms with Gasteiger partial charge in [-0.2, -0.15) is 0 Å². The maximum absolute atomic E-state index is 12.9. The zero-order chi connectivity index (χ0) is 18.6. The van der Waals surface area contributed by atoms with Crippen LogP contribution in [0.4, 0.5) is 5.69 Å². The minimum Gasteiger partial charge on any atom is -0.414 e. The van der Waals surface area contributed by atoms with Gasteiger partial charge in [0.2, 0.25) is 0 Å². The lowest BCUT2D eigenvalue weighted by molar-refractivity contribution is -0.907. The molecule has 1 aliphatic rings. The predicted molar refractivity (Wildman–Crippen MR) is 105 cm³/mol. The summed E-state index contributed by atoms with van der Waals surface area (Å²) in [7, 11) is 0. The molecule has 1 N–H and O–H groups in total. The lowest BCUT2D eigenvalue weighted by Crippen LogP contribution is -3.12. The summed E-state index contributed by atoms with van der Waals surface area (Å²) in [4.78, 5) is 16.9. The standard InChI is InChI=1S/C20H22N4O2S/c1-2-10-23(13-18-21-22-20(26-18)17-8-5-12-27-17)14-19(25)24-11-9-15-6-3-4-7-16(15)24/h3-8,12H,2,9-11,13-14H2,1H3/p+1. The summed E-state index contributed by atoms with van der Waals surface area (Å²) in [5.41, 5.74) is 2.30. The second-order valence-electron chi connectivity index (χ2n) is 6.76. The first-order chi connectivity index (χ1) is 13.2. The highest BCUT2D eigenvalue weighted by Crippen LogP contribution is 2.27. The van der Waals surface area contributed by atoms with Gasteiger partial charge in [0.25, 0.3) is 17.7 Å². The first kappa shape index (κ1) is 17.9. The molecule has 0 spiro atoms. The van der Waals surface area contributed by atoms with Crippen LogP contribution in [0.1, 0.15) is 24.8 Å². The summed E-state index contributed by atoms with van der Waals surface area (Å²) in [6.45, 7) is 4.77. The molecule has 1 aliphatic heterocycles. The zero-order valence-electron chi connectivity index (χ0n) is 15.4. The Morgan fingerprint density at radius 2 is 2.15 bits per heavy atom. The second kappa shape index (κ2) is 8.02. The van der Waals surface area contributed by atoms with Crippen LogP contribution in [-0.2, 0) is 17.8 Å². The molecule has 0 bridgehead atoms. The summed E-state index contributed by atoms with van der Waals surface area (Å²) >= 11 is 1.58. The number of fused-ring (bicyclic) bond motifs is 1. The van der Waals surface area contributed by atoms with Gasteiger partial charge >= 0.3 is 0 Å². The fraction of sp³-hybridized carbons (Fsp3) is 0.350. The fourth-order valence-corrected chi connectivity index (χ4v) is 4.18. The van der Waals surface area contributed by atoms with E-state index in [-0.39, 0.29) is 5.91 Å². The number of thiophene rings is 1. The van der Waals surface area contributed by atoms with Gasteiger partial charge < -0.3 is 14.2 Å². The normalized spacial score (nSPS) is 14.3. The Hall–Kier alpha value is -2.51. The smallest absolute Gasteiger partial charge is 0.282 e. The van der Waals surface area contributed by atoms with Crippen LogP contribution >= 0.6 is 11.3 Å². The first-order valence-electron chi connectivity index (χ1n) is 9.32. The van der Waals surface area contributed by atoms with E-state index in [1.165, 1.54) is 5.56 Å². The number of para-hydroxylation sites is 1. The molecular weight excluding hydrogens is 360 g/mol. The molecule has 2 aromatic heterocycles. The Labute approximate surface area is 162 Å². The van der Waals surface area contributed by atoms with Crippen molar-refractivity contribution in [2.24, 2.45) is 0 Å². The molecule has 27 heavy (non-hydrogen) atoms. The van der Waals surface area contributed by atoms with Crippen LogP contribution in [0.3, 0.4) is 0 Å². The number of carbonyl (C=O) groups excluding carboxylic acids is 1. The van der Waals surface area contributed by atoms with Gasteiger partial charge in [-0.3, -0.25) is 4.79 Å². The van der Waals surface area contributed by atoms with Crippen LogP contribution < -0.4 is 9.80 Å². The van der Waals surface area contributed by atoms with E-state index in [0.29, 0.717) is 24.9 Å². The van der Waals surface area contributed by atoms with Gasteiger partial charge in [0.1, 0.15) is 0 Å². The molecule has 0 fully saturated rings.